The highest BCUT2D eigenvalue weighted by Crippen LogP contribution is 1.94. The summed E-state index contributed by atoms with van der Waals surface area (Å²) in [4.78, 5) is 0. The second-order valence-electron chi connectivity index (χ2n) is 1.11. The van der Waals surface area contributed by atoms with Gasteiger partial charge in [0.05, 0.1) is 12.5 Å². The van der Waals surface area contributed by atoms with E-state index < -0.39 is 6.17 Å². The van der Waals surface area contributed by atoms with Crippen LogP contribution in [0.3, 0.4) is 0 Å². The third-order valence-corrected chi connectivity index (χ3v) is 0.542. The molecule has 0 radical (unpaired) electrons. The highest BCUT2D eigenvalue weighted by molar-refractivity contribution is 4.86. The van der Waals surface area contributed by atoms with E-state index in [-0.39, 0.29) is 6.42 Å². The average molecular weight is 99.1 g/mol. The Balaban J connectivity index is 3.21. The summed E-state index contributed by atoms with van der Waals surface area (Å²) >= 11 is 0. The summed E-state index contributed by atoms with van der Waals surface area (Å²) in [6, 6.07) is 1.67. The molecule has 1 unspecified atom stereocenters. The fourth-order valence-corrected chi connectivity index (χ4v) is 0.171. The van der Waals surface area contributed by atoms with E-state index in [4.69, 9.17) is 5.26 Å². The minimum atomic E-state index is -1.15. The molecule has 0 aliphatic heterocycles. The van der Waals surface area contributed by atoms with Crippen LogP contribution in [0.25, 0.3) is 0 Å². The van der Waals surface area contributed by atoms with Crippen LogP contribution in [-0.4, -0.2) is 6.17 Å². The Morgan fingerprint density at radius 3 is 2.71 bits per heavy atom. The average Bonchev–Trinajstić information content (AvgIpc) is 1.68. The fraction of sp³-hybridized carbons (Fsp3) is 0.400. The first kappa shape index (κ1) is 6.16. The van der Waals surface area contributed by atoms with Crippen LogP contribution >= 0.6 is 0 Å². The second kappa shape index (κ2) is 3.35. The molecule has 0 bridgehead atoms. The Morgan fingerprint density at radius 2 is 2.57 bits per heavy atom. The third-order valence-electron chi connectivity index (χ3n) is 0.542. The molecule has 7 heavy (non-hydrogen) atoms. The lowest BCUT2D eigenvalue weighted by atomic mass is 10.3. The van der Waals surface area contributed by atoms with Crippen LogP contribution in [-0.2, 0) is 0 Å². The Kier molecular flexibility index (Phi) is 2.95. The summed E-state index contributed by atoms with van der Waals surface area (Å²) < 4.78 is 11.8. The largest absolute Gasteiger partial charge is 0.242 e. The van der Waals surface area contributed by atoms with Crippen LogP contribution in [0.5, 0.6) is 0 Å². The van der Waals surface area contributed by atoms with Gasteiger partial charge < -0.3 is 0 Å². The van der Waals surface area contributed by atoms with Crippen molar-refractivity contribution in [2.24, 2.45) is 0 Å². The van der Waals surface area contributed by atoms with Gasteiger partial charge in [-0.25, -0.2) is 4.39 Å². The van der Waals surface area contributed by atoms with E-state index in [9.17, 15) is 4.39 Å². The number of nitrogens with zero attached hydrogens (tertiary/aromatic N) is 1. The first-order valence-electron chi connectivity index (χ1n) is 1.95. The normalized spacial score (nSPS) is 12.0. The molecule has 0 amide bonds. The molecule has 0 aromatic rings. The van der Waals surface area contributed by atoms with Crippen molar-refractivity contribution in [1.82, 2.24) is 0 Å². The second-order valence-corrected chi connectivity index (χ2v) is 1.11. The van der Waals surface area contributed by atoms with Crippen molar-refractivity contribution >= 4 is 0 Å². The number of nitriles is 1. The van der Waals surface area contributed by atoms with Gasteiger partial charge in [0.15, 0.2) is 0 Å². The molecule has 0 saturated carbocycles. The summed E-state index contributed by atoms with van der Waals surface area (Å²) in [6.45, 7) is 3.15. The van der Waals surface area contributed by atoms with Crippen LogP contribution in [0.2, 0.25) is 0 Å². The van der Waals surface area contributed by atoms with Gasteiger partial charge in [0.25, 0.3) is 0 Å². The van der Waals surface area contributed by atoms with E-state index in [0.29, 0.717) is 0 Å². The van der Waals surface area contributed by atoms with E-state index >= 15 is 0 Å². The Hall–Kier alpha value is -0.840. The van der Waals surface area contributed by atoms with Crippen molar-refractivity contribution in [3.8, 4) is 6.07 Å². The molecule has 0 spiro atoms. The third kappa shape index (κ3) is 2.98. The number of halogens is 1. The van der Waals surface area contributed by atoms with Crippen LogP contribution in [0.15, 0.2) is 12.7 Å². The van der Waals surface area contributed by atoms with Gasteiger partial charge in [-0.2, -0.15) is 5.26 Å². The Labute approximate surface area is 42.1 Å². The number of allylic oxidation sites excluding steroid dienone is 1. The van der Waals surface area contributed by atoms with Crippen molar-refractivity contribution in [2.45, 2.75) is 12.6 Å². The maximum Gasteiger partial charge on any atom is 0.131 e. The summed E-state index contributed by atoms with van der Waals surface area (Å²) in [5, 5.41) is 7.83. The van der Waals surface area contributed by atoms with Crippen molar-refractivity contribution < 1.29 is 4.39 Å². The van der Waals surface area contributed by atoms with E-state index in [2.05, 4.69) is 6.58 Å². The highest BCUT2D eigenvalue weighted by Gasteiger charge is 1.94. The zero-order valence-corrected chi connectivity index (χ0v) is 3.89. The smallest absolute Gasteiger partial charge is 0.131 e. The summed E-state index contributed by atoms with van der Waals surface area (Å²) in [5.41, 5.74) is 0. The molecule has 0 saturated heterocycles. The molecule has 1 nitrogen and oxygen atoms in total. The standard InChI is InChI=1S/C5H6FN/c1-2-5(6)3-4-7/h2,5H,1,3H2. The molecule has 2 heteroatoms. The zero-order chi connectivity index (χ0) is 5.70. The van der Waals surface area contributed by atoms with Crippen molar-refractivity contribution in [3.05, 3.63) is 12.7 Å². The fourth-order valence-electron chi connectivity index (χ4n) is 0.171. The summed E-state index contributed by atoms with van der Waals surface area (Å²) in [5.74, 6) is 0. The minimum Gasteiger partial charge on any atom is -0.242 e. The number of hydrogen-bond donors (Lipinski definition) is 0. The van der Waals surface area contributed by atoms with Gasteiger partial charge in [-0.05, 0) is 0 Å². The zero-order valence-electron chi connectivity index (χ0n) is 3.89. The first-order valence-corrected chi connectivity index (χ1v) is 1.95. The molecule has 0 aliphatic carbocycles. The monoisotopic (exact) mass is 99.0 g/mol. The molecule has 0 rings (SSSR count). The van der Waals surface area contributed by atoms with Crippen molar-refractivity contribution in [2.75, 3.05) is 0 Å². The first-order chi connectivity index (χ1) is 3.31. The predicted molar refractivity (Wildman–Crippen MR) is 25.3 cm³/mol. The highest BCUT2D eigenvalue weighted by atomic mass is 19.1. The van der Waals surface area contributed by atoms with Crippen LogP contribution in [0.1, 0.15) is 6.42 Å². The molecule has 38 valence electrons. The molecular weight excluding hydrogens is 93.1 g/mol. The van der Waals surface area contributed by atoms with Gasteiger partial charge in [0.2, 0.25) is 0 Å². The molecule has 0 aliphatic rings. The summed E-state index contributed by atoms with van der Waals surface area (Å²) in [6.07, 6.45) is -0.114. The lowest BCUT2D eigenvalue weighted by Crippen LogP contribution is -1.89. The van der Waals surface area contributed by atoms with Crippen LogP contribution in [0, 0.1) is 11.3 Å². The van der Waals surface area contributed by atoms with Crippen molar-refractivity contribution in [1.29, 1.82) is 5.26 Å². The lowest BCUT2D eigenvalue weighted by molar-refractivity contribution is 0.407. The van der Waals surface area contributed by atoms with Gasteiger partial charge >= 0.3 is 0 Å². The molecule has 1 atom stereocenters. The Bertz CT molecular complexity index is 92.7. The van der Waals surface area contributed by atoms with Gasteiger partial charge in [0.1, 0.15) is 6.17 Å². The molecule has 0 aromatic carbocycles. The molecule has 0 fully saturated rings. The summed E-state index contributed by atoms with van der Waals surface area (Å²) in [7, 11) is 0. The van der Waals surface area contributed by atoms with E-state index in [0.717, 1.165) is 6.08 Å². The maximum absolute atomic E-state index is 11.8. The molecule has 0 N–H and O–H groups in total. The lowest BCUT2D eigenvalue weighted by Gasteiger charge is -1.87. The van der Waals surface area contributed by atoms with Gasteiger partial charge in [0, 0.05) is 0 Å². The number of alkyl halides is 1. The van der Waals surface area contributed by atoms with E-state index in [1.807, 2.05) is 0 Å². The van der Waals surface area contributed by atoms with Gasteiger partial charge in [-0.1, -0.05) is 6.08 Å². The maximum atomic E-state index is 11.8. The SMILES string of the molecule is C=CC(F)CC#N. The minimum absolute atomic E-state index is 0.0799. The topological polar surface area (TPSA) is 23.8 Å². The number of rotatable bonds is 2. The molecular formula is C5H6FN. The van der Waals surface area contributed by atoms with Gasteiger partial charge in [-0.3, -0.25) is 0 Å². The van der Waals surface area contributed by atoms with Crippen LogP contribution < -0.4 is 0 Å². The van der Waals surface area contributed by atoms with Gasteiger partial charge in [-0.15, -0.1) is 6.58 Å². The Morgan fingerprint density at radius 1 is 2.00 bits per heavy atom. The van der Waals surface area contributed by atoms with E-state index in [1.165, 1.54) is 0 Å². The molecule has 0 heterocycles. The van der Waals surface area contributed by atoms with Crippen molar-refractivity contribution in [3.63, 3.8) is 0 Å². The van der Waals surface area contributed by atoms with E-state index in [1.54, 1.807) is 6.07 Å². The predicted octanol–water partition coefficient (Wildman–Crippen LogP) is 1.42. The van der Waals surface area contributed by atoms with Crippen LogP contribution in [0.4, 0.5) is 4.39 Å². The molecule has 0 aromatic heterocycles. The number of hydrogen-bond acceptors (Lipinski definition) is 1. The quantitative estimate of drug-likeness (QED) is 0.480.